The fourth-order valence-corrected chi connectivity index (χ4v) is 9.74. The third-order valence-electron chi connectivity index (χ3n) is 12.5. The summed E-state index contributed by atoms with van der Waals surface area (Å²) in [5.41, 5.74) is 3.44. The number of oxime groups is 1. The molecule has 2 aliphatic carbocycles. The first-order chi connectivity index (χ1) is 31.7. The summed E-state index contributed by atoms with van der Waals surface area (Å²) >= 11 is 0. The minimum atomic E-state index is -1.54. The summed E-state index contributed by atoms with van der Waals surface area (Å²) in [5, 5.41) is 27.4. The van der Waals surface area contributed by atoms with E-state index in [9.17, 15) is 19.8 Å². The van der Waals surface area contributed by atoms with Crippen molar-refractivity contribution in [1.29, 1.82) is 0 Å². The number of hydrogen-bond acceptors (Lipinski definition) is 14. The average molecular weight is 900 g/mol. The first-order valence-electron chi connectivity index (χ1n) is 22.4. The third-order valence-corrected chi connectivity index (χ3v) is 12.5. The van der Waals surface area contributed by atoms with E-state index >= 15 is 0 Å². The predicted octanol–water partition coefficient (Wildman–Crippen LogP) is 8.36. The zero-order valence-corrected chi connectivity index (χ0v) is 37.6. The van der Waals surface area contributed by atoms with Crippen LogP contribution >= 0.6 is 0 Å². The van der Waals surface area contributed by atoms with E-state index in [1.165, 1.54) is 7.11 Å². The van der Waals surface area contributed by atoms with Crippen LogP contribution in [0.15, 0.2) is 84.1 Å². The summed E-state index contributed by atoms with van der Waals surface area (Å²) in [6.45, 7) is 8.43. The van der Waals surface area contributed by atoms with Crippen molar-refractivity contribution in [2.24, 2.45) is 22.9 Å². The Morgan fingerprint density at radius 3 is 2.43 bits per heavy atom. The Morgan fingerprint density at radius 2 is 1.69 bits per heavy atom. The van der Waals surface area contributed by atoms with Crippen molar-refractivity contribution in [3.05, 3.63) is 90.0 Å². The fourth-order valence-electron chi connectivity index (χ4n) is 9.74. The molecule has 0 bridgehead atoms. The molecule has 3 N–H and O–H groups in total. The van der Waals surface area contributed by atoms with Gasteiger partial charge in [0.15, 0.2) is 11.5 Å². The molecule has 6 atom stereocenters. The molecule has 0 aromatic heterocycles. The lowest BCUT2D eigenvalue weighted by Crippen LogP contribution is -2.70. The van der Waals surface area contributed by atoms with Gasteiger partial charge in [0.05, 0.1) is 44.8 Å². The van der Waals surface area contributed by atoms with E-state index < -0.39 is 29.9 Å². The first-order valence-corrected chi connectivity index (χ1v) is 22.4. The molecule has 1 saturated carbocycles. The summed E-state index contributed by atoms with van der Waals surface area (Å²) in [6.07, 6.45) is 6.99. The van der Waals surface area contributed by atoms with Crippen molar-refractivity contribution in [2.75, 3.05) is 59.4 Å². The molecule has 3 aromatic carbocycles. The third kappa shape index (κ3) is 10.1. The normalized spacial score (nSPS) is 23.0. The van der Waals surface area contributed by atoms with Crippen molar-refractivity contribution in [2.45, 2.75) is 83.1 Å². The Kier molecular flexibility index (Phi) is 15.8. The van der Waals surface area contributed by atoms with Crippen LogP contribution in [0.25, 0.3) is 0 Å². The Morgan fingerprint density at radius 1 is 0.923 bits per heavy atom. The van der Waals surface area contributed by atoms with Crippen LogP contribution in [0.1, 0.15) is 75.8 Å². The Bertz CT molecular complexity index is 2210. The van der Waals surface area contributed by atoms with Gasteiger partial charge in [-0.1, -0.05) is 36.2 Å². The number of nitrogens with one attached hydrogen (secondary N) is 1. The minimum Gasteiger partial charge on any atom is -0.497 e. The van der Waals surface area contributed by atoms with E-state index in [2.05, 4.69) is 18.0 Å². The number of anilines is 1. The molecule has 16 heteroatoms. The van der Waals surface area contributed by atoms with Crippen LogP contribution in [0.4, 0.5) is 15.3 Å². The van der Waals surface area contributed by atoms with Gasteiger partial charge in [-0.05, 0) is 105 Å². The SMILES string of the molecule is C=CCOC12Oc3ccc(OC(=O)Nc4ccc(OC)cc4OC)cc3C3C(CCCCO)C(CCCCO)C=C(C(=NOCC)CC1N(Cc1ccc4c(c1)OCO4)C(=O)OCC)C32. The molecule has 3 aromatic rings. The smallest absolute Gasteiger partial charge is 0.417 e. The number of unbranched alkanes of at least 4 members (excludes halogenated alkanes) is 2. The molecule has 7 rings (SSSR count). The molecule has 0 saturated heterocycles. The summed E-state index contributed by atoms with van der Waals surface area (Å²) in [6, 6.07) is 15.0. The number of amides is 2. The molecular weight excluding hydrogens is 839 g/mol. The van der Waals surface area contributed by atoms with E-state index in [4.69, 9.17) is 47.9 Å². The molecule has 65 heavy (non-hydrogen) atoms. The molecule has 0 radical (unpaired) electrons. The lowest BCUT2D eigenvalue weighted by Gasteiger charge is -2.59. The minimum absolute atomic E-state index is 0.00636. The van der Waals surface area contributed by atoms with E-state index in [-0.39, 0.29) is 69.7 Å². The van der Waals surface area contributed by atoms with Crippen LogP contribution in [0.3, 0.4) is 0 Å². The van der Waals surface area contributed by atoms with E-state index in [0.29, 0.717) is 59.6 Å². The van der Waals surface area contributed by atoms with Crippen molar-refractivity contribution >= 4 is 23.6 Å². The van der Waals surface area contributed by atoms with Crippen LogP contribution in [-0.4, -0.2) is 98.9 Å². The van der Waals surface area contributed by atoms with Gasteiger partial charge in [0.2, 0.25) is 12.6 Å². The van der Waals surface area contributed by atoms with E-state index in [1.54, 1.807) is 55.3 Å². The number of rotatable bonds is 21. The van der Waals surface area contributed by atoms with Gasteiger partial charge in [0, 0.05) is 43.7 Å². The Balaban J connectivity index is 1.39. The van der Waals surface area contributed by atoms with Gasteiger partial charge >= 0.3 is 12.2 Å². The van der Waals surface area contributed by atoms with Crippen molar-refractivity contribution in [3.8, 4) is 34.5 Å². The predicted molar refractivity (Wildman–Crippen MR) is 241 cm³/mol. The molecule has 2 aliphatic heterocycles. The highest BCUT2D eigenvalue weighted by Crippen LogP contribution is 2.62. The summed E-state index contributed by atoms with van der Waals surface area (Å²) in [4.78, 5) is 35.6. The van der Waals surface area contributed by atoms with Gasteiger partial charge < -0.3 is 52.9 Å². The highest BCUT2D eigenvalue weighted by atomic mass is 16.7. The van der Waals surface area contributed by atoms with Crippen LogP contribution in [0.5, 0.6) is 34.5 Å². The molecule has 2 heterocycles. The number of carbonyl (C=O) groups is 2. The van der Waals surface area contributed by atoms with Gasteiger partial charge in [0.1, 0.15) is 35.6 Å². The topological polar surface area (TPSA) is 185 Å². The van der Waals surface area contributed by atoms with E-state index in [1.807, 2.05) is 31.2 Å². The quantitative estimate of drug-likeness (QED) is 0.0527. The maximum Gasteiger partial charge on any atom is 0.417 e. The number of nitrogens with zero attached hydrogens (tertiary/aromatic N) is 2. The second-order valence-corrected chi connectivity index (χ2v) is 16.3. The number of aliphatic hydroxyl groups is 2. The van der Waals surface area contributed by atoms with Gasteiger partial charge in [-0.15, -0.1) is 6.58 Å². The molecule has 4 aliphatic rings. The highest BCUT2D eigenvalue weighted by molar-refractivity contribution is 6.03. The number of benzene rings is 3. The number of hydrogen-bond donors (Lipinski definition) is 3. The maximum absolute atomic E-state index is 14.5. The average Bonchev–Trinajstić information content (AvgIpc) is 3.79. The molecule has 16 nitrogen and oxygen atoms in total. The van der Waals surface area contributed by atoms with Crippen LogP contribution < -0.4 is 33.7 Å². The second-order valence-electron chi connectivity index (χ2n) is 16.3. The Hall–Kier alpha value is -5.97. The number of allylic oxidation sites excluding steroid dienone is 1. The zero-order chi connectivity index (χ0) is 45.9. The second kappa shape index (κ2) is 21.8. The highest BCUT2D eigenvalue weighted by Gasteiger charge is 2.65. The lowest BCUT2D eigenvalue weighted by atomic mass is 9.55. The van der Waals surface area contributed by atoms with Crippen molar-refractivity contribution in [3.63, 3.8) is 0 Å². The van der Waals surface area contributed by atoms with Gasteiger partial charge in [-0.25, -0.2) is 9.59 Å². The fraction of sp³-hybridized carbons (Fsp3) is 0.490. The monoisotopic (exact) mass is 899 g/mol. The molecule has 350 valence electrons. The number of aliphatic hydroxyl groups excluding tert-OH is 2. The number of methoxy groups -OCH3 is 2. The number of fused-ring (bicyclic) bond motifs is 3. The van der Waals surface area contributed by atoms with Crippen LogP contribution in [-0.2, 0) is 20.9 Å². The number of ether oxygens (including phenoxy) is 8. The zero-order valence-electron chi connectivity index (χ0n) is 37.6. The molecule has 0 spiro atoms. The molecule has 2 amide bonds. The summed E-state index contributed by atoms with van der Waals surface area (Å²) in [7, 11) is 3.04. The largest absolute Gasteiger partial charge is 0.497 e. The Labute approximate surface area is 380 Å². The van der Waals surface area contributed by atoms with Crippen LogP contribution in [0, 0.1) is 17.8 Å². The number of carbonyl (C=O) groups excluding carboxylic acids is 2. The lowest BCUT2D eigenvalue weighted by molar-refractivity contribution is -0.256. The van der Waals surface area contributed by atoms with Crippen molar-refractivity contribution in [1.82, 2.24) is 4.90 Å². The summed E-state index contributed by atoms with van der Waals surface area (Å²) < 4.78 is 48.3. The van der Waals surface area contributed by atoms with Crippen molar-refractivity contribution < 1.29 is 62.5 Å². The first kappa shape index (κ1) is 47.0. The van der Waals surface area contributed by atoms with Gasteiger partial charge in [-0.2, -0.15) is 0 Å². The van der Waals surface area contributed by atoms with Gasteiger partial charge in [-0.3, -0.25) is 10.2 Å². The molecule has 1 fully saturated rings. The van der Waals surface area contributed by atoms with Crippen LogP contribution in [0.2, 0.25) is 0 Å². The molecule has 6 unspecified atom stereocenters. The standard InChI is InChI=1S/C49H61N3O13/c1-6-23-62-49-44(52(48(56)59-7-2)29-31-15-19-41-43(24-31)61-30-60-41)28-39(51-63-8-3)36-25-32(13-9-11-21-53)35(14-10-12-22-54)45(46(36)49)37-26-34(17-20-40(37)65-49)64-47(55)50-38-18-16-33(57-4)27-42(38)58-5/h6,15-20,24-27,32,35,44-46,53-54H,1,7-14,21-23,28-30H2,2-5H3,(H,50,55). The molecular formula is C49H61N3O13. The van der Waals surface area contributed by atoms with Gasteiger partial charge in [0.25, 0.3) is 0 Å². The maximum atomic E-state index is 14.5. The summed E-state index contributed by atoms with van der Waals surface area (Å²) in [5.74, 6) is 0.326. The van der Waals surface area contributed by atoms with E-state index in [0.717, 1.165) is 42.4 Å².